The van der Waals surface area contributed by atoms with Crippen LogP contribution in [0.25, 0.3) is 11.1 Å². The zero-order valence-electron chi connectivity index (χ0n) is 33.4. The molecule has 0 unspecified atom stereocenters. The normalized spacial score (nSPS) is 16.2. The maximum absolute atomic E-state index is 14.8. The van der Waals surface area contributed by atoms with E-state index in [9.17, 15) is 34.8 Å². The Morgan fingerprint density at radius 2 is 1.55 bits per heavy atom. The summed E-state index contributed by atoms with van der Waals surface area (Å²) in [6.07, 6.45) is 7.59. The van der Waals surface area contributed by atoms with Crippen molar-refractivity contribution >= 4 is 66.0 Å². The van der Waals surface area contributed by atoms with Gasteiger partial charge in [-0.1, -0.05) is 65.7 Å². The first kappa shape index (κ1) is 45.6. The topological polar surface area (TPSA) is 121 Å². The van der Waals surface area contributed by atoms with E-state index in [1.807, 2.05) is 47.4 Å². The molecule has 1 aliphatic carbocycles. The van der Waals surface area contributed by atoms with Crippen molar-refractivity contribution in [1.82, 2.24) is 9.80 Å². The molecule has 0 saturated heterocycles. The number of allylic oxidation sites excluding steroid dienone is 1. The number of thioether (sulfide) groups is 1. The lowest BCUT2D eigenvalue weighted by molar-refractivity contribution is -0.0436. The van der Waals surface area contributed by atoms with Gasteiger partial charge >= 0.3 is 5.51 Å². The van der Waals surface area contributed by atoms with Crippen LogP contribution in [-0.4, -0.2) is 90.1 Å². The molecule has 2 N–H and O–H groups in total. The molecule has 16 heteroatoms. The summed E-state index contributed by atoms with van der Waals surface area (Å²) in [5.74, 6) is -0.576. The van der Waals surface area contributed by atoms with Crippen molar-refractivity contribution < 1.29 is 34.8 Å². The third-order valence-electron chi connectivity index (χ3n) is 10.8. The van der Waals surface area contributed by atoms with Gasteiger partial charge in [-0.05, 0) is 136 Å². The quantitative estimate of drug-likeness (QED) is 0.117. The van der Waals surface area contributed by atoms with Gasteiger partial charge in [-0.25, -0.2) is 22.0 Å². The fourth-order valence-corrected chi connectivity index (χ4v) is 10.3. The van der Waals surface area contributed by atoms with Gasteiger partial charge in [-0.2, -0.15) is 13.2 Å². The van der Waals surface area contributed by atoms with E-state index >= 15 is 0 Å². The Morgan fingerprint density at radius 3 is 2.17 bits per heavy atom. The molecule has 4 aromatic carbocycles. The maximum atomic E-state index is 14.8. The van der Waals surface area contributed by atoms with Crippen molar-refractivity contribution in [2.45, 2.75) is 64.8 Å². The standard InChI is InChI=1S/C44H48ClF3N4O5S3/c1-50(2)25-24-37(30-58-38-9-4-3-5-10-38)52(41-21-20-39(60(49,56)57)28-42(41)59(54,55)44(46,47)48)43(53)34-14-12-31(13-15-34)32-22-26-51(27-23-32)29-35-8-6-7-11-40(35)33-16-18-36(45)19-17-33/h3-5,9-10,12-22,28,37H,6-8,11,23-27,29-30H2,1-2H3,(H2,49,56,57)/t37-/m1/s1. The second-order valence-corrected chi connectivity index (χ2v) is 20.3. The number of alkyl halides is 3. The summed E-state index contributed by atoms with van der Waals surface area (Å²) < 4.78 is 93.9. The molecular weight excluding hydrogens is 853 g/mol. The fraction of sp³-hybridized carbons (Fsp3) is 0.341. The number of sulfone groups is 1. The number of benzene rings is 4. The highest BCUT2D eigenvalue weighted by molar-refractivity contribution is 7.99. The van der Waals surface area contributed by atoms with Gasteiger partial charge in [0, 0.05) is 46.9 Å². The van der Waals surface area contributed by atoms with Gasteiger partial charge in [0.2, 0.25) is 10.0 Å². The Bertz CT molecular complexity index is 2440. The van der Waals surface area contributed by atoms with Crippen molar-refractivity contribution in [1.29, 1.82) is 0 Å². The highest BCUT2D eigenvalue weighted by Gasteiger charge is 2.49. The van der Waals surface area contributed by atoms with E-state index in [0.29, 0.717) is 17.6 Å². The second kappa shape index (κ2) is 19.4. The Hall–Kier alpha value is -3.96. The van der Waals surface area contributed by atoms with Gasteiger partial charge in [-0.15, -0.1) is 11.8 Å². The van der Waals surface area contributed by atoms with Crippen LogP contribution in [0.1, 0.15) is 60.0 Å². The Morgan fingerprint density at radius 1 is 0.883 bits per heavy atom. The molecule has 2 aliphatic rings. The average molecular weight is 902 g/mol. The van der Waals surface area contributed by atoms with Gasteiger partial charge in [0.15, 0.2) is 0 Å². The number of nitrogens with zero attached hydrogens (tertiary/aromatic N) is 3. The van der Waals surface area contributed by atoms with E-state index in [1.54, 1.807) is 38.4 Å². The summed E-state index contributed by atoms with van der Waals surface area (Å²) in [4.78, 5) is 18.7. The largest absolute Gasteiger partial charge is 0.501 e. The molecule has 0 aromatic heterocycles. The predicted octanol–water partition coefficient (Wildman–Crippen LogP) is 9.16. The number of carbonyl (C=O) groups excluding carboxylic acids is 1. The van der Waals surface area contributed by atoms with Crippen LogP contribution in [-0.2, 0) is 19.9 Å². The predicted molar refractivity (Wildman–Crippen MR) is 234 cm³/mol. The number of hydrogen-bond acceptors (Lipinski definition) is 8. The minimum Gasteiger partial charge on any atom is -0.309 e. The monoisotopic (exact) mass is 900 g/mol. The van der Waals surface area contributed by atoms with Crippen molar-refractivity contribution in [2.24, 2.45) is 5.14 Å². The van der Waals surface area contributed by atoms with Crippen LogP contribution in [0, 0.1) is 0 Å². The molecule has 9 nitrogen and oxygen atoms in total. The average Bonchev–Trinajstić information content (AvgIpc) is 3.22. The van der Waals surface area contributed by atoms with Gasteiger partial charge in [0.25, 0.3) is 15.7 Å². The number of halogens is 4. The van der Waals surface area contributed by atoms with Crippen LogP contribution >= 0.6 is 23.4 Å². The molecule has 1 amide bonds. The molecular formula is C44H48ClF3N4O5S3. The Kier molecular flexibility index (Phi) is 14.7. The SMILES string of the molecule is CN(C)CC[C@H](CSc1ccccc1)N(C(=O)c1ccc(C2=CCN(CC3=C(c4ccc(Cl)cc4)CCCC3)CC2)cc1)c1ccc(S(N)(=O)=O)cc1S(=O)(=O)C(F)(F)F. The third-order valence-corrected chi connectivity index (χ3v) is 14.6. The fourth-order valence-electron chi connectivity index (χ4n) is 7.58. The summed E-state index contributed by atoms with van der Waals surface area (Å²) in [6, 6.07) is 25.4. The van der Waals surface area contributed by atoms with E-state index in [2.05, 4.69) is 23.1 Å². The molecule has 0 fully saturated rings. The second-order valence-electron chi connectivity index (χ2n) is 15.3. The number of anilines is 1. The lowest BCUT2D eigenvalue weighted by Gasteiger charge is -2.34. The summed E-state index contributed by atoms with van der Waals surface area (Å²) >= 11 is 7.51. The molecule has 0 spiro atoms. The van der Waals surface area contributed by atoms with Crippen molar-refractivity contribution in [3.8, 4) is 0 Å². The minimum absolute atomic E-state index is 0.112. The van der Waals surface area contributed by atoms with E-state index in [1.165, 1.54) is 28.5 Å². The number of hydrogen-bond donors (Lipinski definition) is 1. The number of amides is 1. The molecule has 1 atom stereocenters. The number of rotatable bonds is 15. The third kappa shape index (κ3) is 11.1. The minimum atomic E-state index is -6.19. The number of sulfonamides is 1. The number of carbonyl (C=O) groups is 1. The summed E-state index contributed by atoms with van der Waals surface area (Å²) in [7, 11) is -7.22. The molecule has 0 bridgehead atoms. The maximum Gasteiger partial charge on any atom is 0.501 e. The smallest absolute Gasteiger partial charge is 0.309 e. The number of nitrogens with two attached hydrogens (primary N) is 1. The molecule has 1 heterocycles. The first-order chi connectivity index (χ1) is 28.4. The van der Waals surface area contributed by atoms with Crippen molar-refractivity contribution in [3.05, 3.63) is 130 Å². The van der Waals surface area contributed by atoms with Crippen LogP contribution in [0.3, 0.4) is 0 Å². The van der Waals surface area contributed by atoms with Crippen molar-refractivity contribution in [3.63, 3.8) is 0 Å². The molecule has 320 valence electrons. The van der Waals surface area contributed by atoms with Gasteiger partial charge < -0.3 is 9.80 Å². The highest BCUT2D eigenvalue weighted by atomic mass is 35.5. The lowest BCUT2D eigenvalue weighted by atomic mass is 9.87. The van der Waals surface area contributed by atoms with Crippen molar-refractivity contribution in [2.75, 3.05) is 50.9 Å². The van der Waals surface area contributed by atoms with Crippen LogP contribution in [0.5, 0.6) is 0 Å². The van der Waals surface area contributed by atoms with E-state index < -0.39 is 52.8 Å². The van der Waals surface area contributed by atoms with Gasteiger partial charge in [-0.3, -0.25) is 9.69 Å². The van der Waals surface area contributed by atoms with Crippen LogP contribution in [0.4, 0.5) is 18.9 Å². The first-order valence-corrected chi connectivity index (χ1v) is 23.9. The van der Waals surface area contributed by atoms with Crippen LogP contribution < -0.4 is 10.0 Å². The summed E-state index contributed by atoms with van der Waals surface area (Å²) in [5.41, 5.74) is -0.264. The molecule has 0 radical (unpaired) electrons. The molecule has 6 rings (SSSR count). The van der Waals surface area contributed by atoms with E-state index in [0.717, 1.165) is 84.8 Å². The van der Waals surface area contributed by atoms with Gasteiger partial charge in [0.05, 0.1) is 10.6 Å². The molecule has 4 aromatic rings. The first-order valence-electron chi connectivity index (χ1n) is 19.6. The lowest BCUT2D eigenvalue weighted by Crippen LogP contribution is -2.44. The van der Waals surface area contributed by atoms with E-state index in [-0.39, 0.29) is 17.7 Å². The summed E-state index contributed by atoms with van der Waals surface area (Å²) in [5, 5.41) is 5.97. The van der Waals surface area contributed by atoms with E-state index in [4.69, 9.17) is 16.7 Å². The highest BCUT2D eigenvalue weighted by Crippen LogP contribution is 2.40. The molecule has 0 saturated carbocycles. The Labute approximate surface area is 360 Å². The van der Waals surface area contributed by atoms with Crippen LogP contribution in [0.15, 0.2) is 123 Å². The van der Waals surface area contributed by atoms with Crippen LogP contribution in [0.2, 0.25) is 5.02 Å². The summed E-state index contributed by atoms with van der Waals surface area (Å²) in [6.45, 7) is 2.82. The zero-order chi connectivity index (χ0) is 43.2. The number of primary sulfonamides is 1. The Balaban J connectivity index is 1.32. The molecule has 60 heavy (non-hydrogen) atoms. The molecule has 1 aliphatic heterocycles. The zero-order valence-corrected chi connectivity index (χ0v) is 36.6. The van der Waals surface area contributed by atoms with Gasteiger partial charge in [0.1, 0.15) is 4.90 Å².